The maximum absolute atomic E-state index is 14.4. The van der Waals surface area contributed by atoms with Gasteiger partial charge in [0, 0.05) is 40.9 Å². The molecule has 5 rings (SSSR count). The number of aromatic nitrogens is 1. The first-order valence-corrected chi connectivity index (χ1v) is 16.4. The van der Waals surface area contributed by atoms with Crippen molar-refractivity contribution in [3.05, 3.63) is 132 Å². The number of halogens is 2. The van der Waals surface area contributed by atoms with Crippen LogP contribution in [0.1, 0.15) is 60.9 Å². The predicted molar refractivity (Wildman–Crippen MR) is 185 cm³/mol. The number of rotatable bonds is 15. The van der Waals surface area contributed by atoms with Gasteiger partial charge in [0.2, 0.25) is 0 Å². The quantitative estimate of drug-likeness (QED) is 0.143. The number of amides is 1. The van der Waals surface area contributed by atoms with Crippen LogP contribution in [0.25, 0.3) is 22.3 Å². The fourth-order valence-electron chi connectivity index (χ4n) is 6.08. The minimum atomic E-state index is -1.43. The second-order valence-corrected chi connectivity index (χ2v) is 12.4. The third-order valence-corrected chi connectivity index (χ3v) is 8.33. The Morgan fingerprint density at radius 3 is 1.92 bits per heavy atom. The van der Waals surface area contributed by atoms with Crippen molar-refractivity contribution in [1.82, 2.24) is 4.57 Å². The molecule has 0 aliphatic heterocycles. The molecule has 0 bridgehead atoms. The van der Waals surface area contributed by atoms with Gasteiger partial charge >= 0.3 is 29.6 Å². The molecule has 11 heteroatoms. The fourth-order valence-corrected chi connectivity index (χ4v) is 6.08. The molecule has 1 amide bonds. The molecule has 1 aromatic heterocycles. The first-order chi connectivity index (χ1) is 24.0. The summed E-state index contributed by atoms with van der Waals surface area (Å²) in [6, 6.07) is 28.0. The number of carboxylic acid groups (broad SMARTS) is 1. The average Bonchev–Trinajstić information content (AvgIpc) is 3.43. The topological polar surface area (TPSA) is 124 Å². The molecule has 2 unspecified atom stereocenters. The molecule has 3 N–H and O–H groups in total. The van der Waals surface area contributed by atoms with E-state index in [1.165, 1.54) is 24.3 Å². The molecule has 0 saturated heterocycles. The number of aliphatic hydroxyl groups excluding tert-OH is 2. The van der Waals surface area contributed by atoms with E-state index < -0.39 is 42.1 Å². The Balaban J connectivity index is 0.00000583. The van der Waals surface area contributed by atoms with Crippen LogP contribution in [0.4, 0.5) is 14.5 Å². The Kier molecular flexibility index (Phi) is 14.1. The van der Waals surface area contributed by atoms with Gasteiger partial charge in [-0.05, 0) is 98.3 Å². The summed E-state index contributed by atoms with van der Waals surface area (Å²) in [4.78, 5) is 25.3. The minimum absolute atomic E-state index is 0. The normalized spacial score (nSPS) is 12.2. The summed E-state index contributed by atoms with van der Waals surface area (Å²) in [6.45, 7) is 4.19. The molecule has 51 heavy (non-hydrogen) atoms. The third-order valence-electron chi connectivity index (χ3n) is 8.33. The zero-order valence-corrected chi connectivity index (χ0v) is 30.8. The van der Waals surface area contributed by atoms with Gasteiger partial charge in [-0.2, -0.15) is 0 Å². The molecule has 0 aliphatic rings. The Morgan fingerprint density at radius 1 is 0.804 bits per heavy atom. The average molecular weight is 705 g/mol. The van der Waals surface area contributed by atoms with Gasteiger partial charge in [-0.1, -0.05) is 54.6 Å². The number of ether oxygens (including phenoxy) is 1. The van der Waals surface area contributed by atoms with E-state index in [2.05, 4.69) is 5.32 Å². The van der Waals surface area contributed by atoms with Crippen LogP contribution in [0.15, 0.2) is 103 Å². The van der Waals surface area contributed by atoms with Gasteiger partial charge in [-0.15, -0.1) is 0 Å². The van der Waals surface area contributed by atoms with Crippen molar-refractivity contribution in [2.24, 2.45) is 0 Å². The van der Waals surface area contributed by atoms with Crippen molar-refractivity contribution < 1.29 is 68.0 Å². The number of carboxylic acids is 1. The van der Waals surface area contributed by atoms with Gasteiger partial charge in [0.1, 0.15) is 29.7 Å². The van der Waals surface area contributed by atoms with Crippen molar-refractivity contribution >= 4 is 17.6 Å². The summed E-state index contributed by atoms with van der Waals surface area (Å²) in [6.07, 6.45) is -2.85. The predicted octanol–water partition coefficient (Wildman–Crippen LogP) is 3.70. The van der Waals surface area contributed by atoms with Crippen LogP contribution in [0, 0.1) is 11.6 Å². The van der Waals surface area contributed by atoms with Crippen molar-refractivity contribution in [2.45, 2.75) is 64.4 Å². The smallest absolute Gasteiger partial charge is 0.550 e. The first-order valence-electron chi connectivity index (χ1n) is 16.4. The summed E-state index contributed by atoms with van der Waals surface area (Å²) < 4.78 is 36.1. The van der Waals surface area contributed by atoms with Gasteiger partial charge < -0.3 is 34.7 Å². The summed E-state index contributed by atoms with van der Waals surface area (Å²) in [5, 5.41) is 34.9. The SMILES string of the molecule is CC(C)n1c(CCC(O)CC(O)CC(=O)[O-])c(-c2ccc(F)cc2)c(-c2ccc(F)cc2)c1C(=O)Nc1ccc(OCc2ccccc2)cc1.[Na+]. The summed E-state index contributed by atoms with van der Waals surface area (Å²) >= 11 is 0. The second-order valence-electron chi connectivity index (χ2n) is 12.4. The molecule has 0 spiro atoms. The van der Waals surface area contributed by atoms with Crippen LogP contribution in [0.5, 0.6) is 5.75 Å². The number of benzene rings is 4. The van der Waals surface area contributed by atoms with Crippen molar-refractivity contribution in [3.8, 4) is 28.0 Å². The van der Waals surface area contributed by atoms with E-state index >= 15 is 0 Å². The van der Waals surface area contributed by atoms with Gasteiger partial charge in [0.05, 0.1) is 12.2 Å². The van der Waals surface area contributed by atoms with Crippen LogP contribution in [-0.2, 0) is 17.8 Å². The number of hydrogen-bond donors (Lipinski definition) is 3. The third kappa shape index (κ3) is 10.4. The van der Waals surface area contributed by atoms with E-state index in [0.717, 1.165) is 5.56 Å². The molecule has 4 aromatic carbocycles. The zero-order valence-electron chi connectivity index (χ0n) is 28.8. The largest absolute Gasteiger partial charge is 1.00 e. The molecule has 260 valence electrons. The van der Waals surface area contributed by atoms with Crippen molar-refractivity contribution in [1.29, 1.82) is 0 Å². The molecule has 0 fully saturated rings. The van der Waals surface area contributed by atoms with Crippen LogP contribution < -0.4 is 44.7 Å². The molecular weight excluding hydrogens is 665 g/mol. The van der Waals surface area contributed by atoms with Crippen molar-refractivity contribution in [2.75, 3.05) is 5.32 Å². The van der Waals surface area contributed by atoms with E-state index in [-0.39, 0.29) is 60.6 Å². The molecular formula is C40H39F2N2NaO6. The molecule has 1 heterocycles. The monoisotopic (exact) mass is 704 g/mol. The maximum Gasteiger partial charge on any atom is 1.00 e. The standard InChI is InChI=1S/C40H40F2N2O6.Na/c1-25(2)44-35(21-18-32(45)22-33(46)23-36(47)48)37(27-8-12-29(41)13-9-27)38(28-10-14-30(42)15-11-28)39(44)40(49)43-31-16-19-34(20-17-31)50-24-26-6-4-3-5-7-26;/h3-17,19-20,25,32-33,45-46H,18,21-24H2,1-2H3,(H,43,49)(H,47,48);/q;+1/p-1. The van der Waals surface area contributed by atoms with E-state index in [4.69, 9.17) is 4.74 Å². The zero-order chi connectivity index (χ0) is 35.8. The number of carbonyl (C=O) groups is 2. The van der Waals surface area contributed by atoms with Gasteiger partial charge in [0.15, 0.2) is 0 Å². The summed E-state index contributed by atoms with van der Waals surface area (Å²) in [5.74, 6) is -2.16. The van der Waals surface area contributed by atoms with E-state index in [1.54, 1.807) is 48.5 Å². The minimum Gasteiger partial charge on any atom is -0.550 e. The number of hydrogen-bond acceptors (Lipinski definition) is 6. The Hall–Kier alpha value is -4.32. The molecule has 2 atom stereocenters. The summed E-state index contributed by atoms with van der Waals surface area (Å²) in [5.41, 5.74) is 4.68. The maximum atomic E-state index is 14.4. The number of anilines is 1. The molecule has 5 aromatic rings. The number of nitrogens with zero attached hydrogens (tertiary/aromatic N) is 1. The second kappa shape index (κ2) is 18.3. The number of aliphatic carboxylic acids is 1. The number of carbonyl (C=O) groups excluding carboxylic acids is 2. The van der Waals surface area contributed by atoms with Crippen molar-refractivity contribution in [3.63, 3.8) is 0 Å². The van der Waals surface area contributed by atoms with Crippen LogP contribution >= 0.6 is 0 Å². The van der Waals surface area contributed by atoms with Gasteiger partial charge in [-0.3, -0.25) is 4.79 Å². The van der Waals surface area contributed by atoms with Gasteiger partial charge in [-0.25, -0.2) is 8.78 Å². The van der Waals surface area contributed by atoms with Crippen LogP contribution in [0.2, 0.25) is 0 Å². The summed E-state index contributed by atoms with van der Waals surface area (Å²) in [7, 11) is 0. The van der Waals surface area contributed by atoms with Gasteiger partial charge in [0.25, 0.3) is 5.91 Å². The number of nitrogens with one attached hydrogen (secondary N) is 1. The fraction of sp³-hybridized carbons (Fsp3) is 0.250. The first kappa shape index (κ1) is 39.5. The molecule has 0 aliphatic carbocycles. The number of aliphatic hydroxyl groups is 2. The van der Waals surface area contributed by atoms with Crippen LogP contribution in [-0.4, -0.2) is 38.9 Å². The van der Waals surface area contributed by atoms with E-state index in [0.29, 0.717) is 46.0 Å². The Bertz CT molecular complexity index is 1900. The molecule has 0 saturated carbocycles. The van der Waals surface area contributed by atoms with Crippen LogP contribution in [0.3, 0.4) is 0 Å². The van der Waals surface area contributed by atoms with E-state index in [1.807, 2.05) is 48.7 Å². The Morgan fingerprint density at radius 2 is 1.37 bits per heavy atom. The van der Waals surface area contributed by atoms with E-state index in [9.17, 15) is 33.7 Å². The molecule has 8 nitrogen and oxygen atoms in total. The Labute approximate surface area is 318 Å². The molecule has 0 radical (unpaired) electrons.